The Bertz CT molecular complexity index is 747. The summed E-state index contributed by atoms with van der Waals surface area (Å²) in [7, 11) is 0. The minimum Gasteiger partial charge on any atom is -0.325 e. The lowest BCUT2D eigenvalue weighted by molar-refractivity contribution is -0.119. The lowest BCUT2D eigenvalue weighted by atomic mass is 10.1. The van der Waals surface area contributed by atoms with Crippen molar-refractivity contribution < 1.29 is 14.0 Å². The number of nitrogens with zero attached hydrogens (tertiary/aromatic N) is 1. The Hall–Kier alpha value is -2.34. The molecule has 0 atom stereocenters. The second kappa shape index (κ2) is 8.16. The molecule has 2 aromatic rings. The van der Waals surface area contributed by atoms with E-state index in [0.717, 1.165) is 30.0 Å². The third-order valence-corrected chi connectivity index (χ3v) is 4.98. The molecule has 0 unspecified atom stereocenters. The quantitative estimate of drug-likeness (QED) is 0.820. The van der Waals surface area contributed by atoms with Gasteiger partial charge in [-0.05, 0) is 61.4 Å². The number of hydrogen-bond donors (Lipinski definition) is 1. The summed E-state index contributed by atoms with van der Waals surface area (Å²) in [6.07, 6.45) is 2.57. The van der Waals surface area contributed by atoms with Crippen molar-refractivity contribution in [3.05, 3.63) is 54.3 Å². The fourth-order valence-electron chi connectivity index (χ4n) is 2.68. The van der Waals surface area contributed by atoms with Gasteiger partial charge >= 0.3 is 0 Å². The highest BCUT2D eigenvalue weighted by atomic mass is 32.2. The van der Waals surface area contributed by atoms with E-state index >= 15 is 0 Å². The van der Waals surface area contributed by atoms with Crippen molar-refractivity contribution in [2.75, 3.05) is 22.5 Å². The molecule has 25 heavy (non-hydrogen) atoms. The minimum absolute atomic E-state index is 0.129. The molecule has 4 nitrogen and oxygen atoms in total. The van der Waals surface area contributed by atoms with Gasteiger partial charge < -0.3 is 10.2 Å². The van der Waals surface area contributed by atoms with Crippen molar-refractivity contribution in [2.45, 2.75) is 24.2 Å². The highest BCUT2D eigenvalue weighted by molar-refractivity contribution is 8.00. The van der Waals surface area contributed by atoms with Gasteiger partial charge in [-0.2, -0.15) is 0 Å². The third kappa shape index (κ3) is 4.82. The van der Waals surface area contributed by atoms with Gasteiger partial charge in [-0.3, -0.25) is 9.59 Å². The van der Waals surface area contributed by atoms with Crippen molar-refractivity contribution in [3.63, 3.8) is 0 Å². The minimum atomic E-state index is -0.291. The second-order valence-corrected chi connectivity index (χ2v) is 6.89. The molecular weight excluding hydrogens is 339 g/mol. The second-order valence-electron chi connectivity index (χ2n) is 5.84. The highest BCUT2D eigenvalue weighted by Gasteiger charge is 2.19. The number of hydrogen-bond acceptors (Lipinski definition) is 3. The van der Waals surface area contributed by atoms with Crippen LogP contribution in [0.4, 0.5) is 15.8 Å². The zero-order valence-corrected chi connectivity index (χ0v) is 14.5. The molecule has 1 heterocycles. The molecule has 0 saturated carbocycles. The van der Waals surface area contributed by atoms with Crippen molar-refractivity contribution >= 4 is 35.0 Å². The SMILES string of the molecule is O=C(CSc1ccc(F)cc1)Nc1ccc(N2CCCCC2=O)cc1. The van der Waals surface area contributed by atoms with Crippen LogP contribution in [0, 0.1) is 5.82 Å². The van der Waals surface area contributed by atoms with Crippen LogP contribution in [0.15, 0.2) is 53.4 Å². The lowest BCUT2D eigenvalue weighted by Gasteiger charge is -2.26. The highest BCUT2D eigenvalue weighted by Crippen LogP contribution is 2.23. The van der Waals surface area contributed by atoms with Crippen molar-refractivity contribution in [2.24, 2.45) is 0 Å². The van der Waals surface area contributed by atoms with Crippen LogP contribution >= 0.6 is 11.8 Å². The van der Waals surface area contributed by atoms with Gasteiger partial charge in [-0.25, -0.2) is 4.39 Å². The molecule has 2 aromatic carbocycles. The summed E-state index contributed by atoms with van der Waals surface area (Å²) >= 11 is 1.35. The summed E-state index contributed by atoms with van der Waals surface area (Å²) in [5, 5.41) is 2.83. The Morgan fingerprint density at radius 2 is 1.80 bits per heavy atom. The van der Waals surface area contributed by atoms with E-state index in [0.29, 0.717) is 12.1 Å². The molecule has 130 valence electrons. The summed E-state index contributed by atoms with van der Waals surface area (Å²) in [5.41, 5.74) is 1.56. The zero-order valence-electron chi connectivity index (χ0n) is 13.7. The fourth-order valence-corrected chi connectivity index (χ4v) is 3.38. The zero-order chi connectivity index (χ0) is 17.6. The van der Waals surface area contributed by atoms with Gasteiger partial charge in [0, 0.05) is 29.2 Å². The summed E-state index contributed by atoms with van der Waals surface area (Å²) in [6.45, 7) is 0.749. The van der Waals surface area contributed by atoms with Crippen molar-refractivity contribution in [1.29, 1.82) is 0 Å². The molecule has 0 aliphatic carbocycles. The first-order valence-electron chi connectivity index (χ1n) is 8.20. The van der Waals surface area contributed by atoms with Crippen LogP contribution in [0.2, 0.25) is 0 Å². The molecule has 1 fully saturated rings. The Kier molecular flexibility index (Phi) is 5.71. The van der Waals surface area contributed by atoms with Crippen LogP contribution in [0.1, 0.15) is 19.3 Å². The lowest BCUT2D eigenvalue weighted by Crippen LogP contribution is -2.35. The number of piperidine rings is 1. The molecular formula is C19H19FN2O2S. The molecule has 1 aliphatic rings. The van der Waals surface area contributed by atoms with E-state index in [1.807, 2.05) is 12.1 Å². The molecule has 3 rings (SSSR count). The maximum atomic E-state index is 12.9. The number of rotatable bonds is 5. The van der Waals surface area contributed by atoms with Gasteiger partial charge in [0.2, 0.25) is 11.8 Å². The van der Waals surface area contributed by atoms with E-state index in [9.17, 15) is 14.0 Å². The van der Waals surface area contributed by atoms with Gasteiger partial charge in [-0.1, -0.05) is 0 Å². The third-order valence-electron chi connectivity index (χ3n) is 3.97. The molecule has 0 radical (unpaired) electrons. The van der Waals surface area contributed by atoms with Crippen molar-refractivity contribution in [1.82, 2.24) is 0 Å². The molecule has 0 bridgehead atoms. The molecule has 6 heteroatoms. The standard InChI is InChI=1S/C19H19FN2O2S/c20-14-4-10-17(11-5-14)25-13-18(23)21-15-6-8-16(9-7-15)22-12-2-1-3-19(22)24/h4-11H,1-3,12-13H2,(H,21,23). The average Bonchev–Trinajstić information content (AvgIpc) is 2.62. The predicted molar refractivity (Wildman–Crippen MR) is 98.4 cm³/mol. The van der Waals surface area contributed by atoms with Crippen LogP contribution < -0.4 is 10.2 Å². The normalized spacial score (nSPS) is 14.4. The number of anilines is 2. The molecule has 0 spiro atoms. The largest absolute Gasteiger partial charge is 0.325 e. The molecule has 0 aromatic heterocycles. The van der Waals surface area contributed by atoms with E-state index in [-0.39, 0.29) is 23.4 Å². The number of halogens is 1. The summed E-state index contributed by atoms with van der Waals surface area (Å²) < 4.78 is 12.9. The Labute approximate surface area is 150 Å². The van der Waals surface area contributed by atoms with E-state index in [4.69, 9.17) is 0 Å². The monoisotopic (exact) mass is 358 g/mol. The topological polar surface area (TPSA) is 49.4 Å². The van der Waals surface area contributed by atoms with Gasteiger partial charge in [0.05, 0.1) is 5.75 Å². The maximum absolute atomic E-state index is 12.9. The number of nitrogens with one attached hydrogen (secondary N) is 1. The van der Waals surface area contributed by atoms with Gasteiger partial charge in [0.25, 0.3) is 0 Å². The van der Waals surface area contributed by atoms with Crippen LogP contribution in [0.25, 0.3) is 0 Å². The van der Waals surface area contributed by atoms with E-state index < -0.39 is 0 Å². The maximum Gasteiger partial charge on any atom is 0.234 e. The van der Waals surface area contributed by atoms with Gasteiger partial charge in [0.1, 0.15) is 5.82 Å². The van der Waals surface area contributed by atoms with Crippen LogP contribution in [0.5, 0.6) is 0 Å². The van der Waals surface area contributed by atoms with Crippen LogP contribution in [0.3, 0.4) is 0 Å². The summed E-state index contributed by atoms with van der Waals surface area (Å²) in [4.78, 5) is 26.6. The van der Waals surface area contributed by atoms with Crippen molar-refractivity contribution in [3.8, 4) is 0 Å². The van der Waals surface area contributed by atoms with E-state index in [1.165, 1.54) is 23.9 Å². The average molecular weight is 358 g/mol. The van der Waals surface area contributed by atoms with E-state index in [1.54, 1.807) is 29.2 Å². The summed E-state index contributed by atoms with van der Waals surface area (Å²) in [6, 6.07) is 13.4. The molecule has 1 saturated heterocycles. The van der Waals surface area contributed by atoms with Gasteiger partial charge in [0.15, 0.2) is 0 Å². The van der Waals surface area contributed by atoms with Gasteiger partial charge in [-0.15, -0.1) is 11.8 Å². The predicted octanol–water partition coefficient (Wildman–Crippen LogP) is 4.07. The Morgan fingerprint density at radius 3 is 2.48 bits per heavy atom. The first kappa shape index (κ1) is 17.5. The first-order valence-corrected chi connectivity index (χ1v) is 9.19. The number of carbonyl (C=O) groups excluding carboxylic acids is 2. The van der Waals surface area contributed by atoms with E-state index in [2.05, 4.69) is 5.32 Å². The molecule has 1 aliphatic heterocycles. The Morgan fingerprint density at radius 1 is 1.08 bits per heavy atom. The van der Waals surface area contributed by atoms with Crippen LogP contribution in [-0.2, 0) is 9.59 Å². The molecule has 1 N–H and O–H groups in total. The first-order chi connectivity index (χ1) is 12.1. The number of carbonyl (C=O) groups is 2. The molecule has 2 amide bonds. The number of amides is 2. The summed E-state index contributed by atoms with van der Waals surface area (Å²) in [5.74, 6) is -0.0196. The fraction of sp³-hybridized carbons (Fsp3) is 0.263. The van der Waals surface area contributed by atoms with Crippen LogP contribution in [-0.4, -0.2) is 24.1 Å². The smallest absolute Gasteiger partial charge is 0.234 e. The Balaban J connectivity index is 1.53. The number of thioether (sulfide) groups is 1. The number of benzene rings is 2.